The Kier molecular flexibility index (Phi) is 6.04. The van der Waals surface area contributed by atoms with Gasteiger partial charge in [0.15, 0.2) is 0 Å². The van der Waals surface area contributed by atoms with Crippen LogP contribution in [0.5, 0.6) is 0 Å². The smallest absolute Gasteiger partial charge is 0.271 e. The van der Waals surface area contributed by atoms with E-state index >= 15 is 0 Å². The summed E-state index contributed by atoms with van der Waals surface area (Å²) in [6.45, 7) is 5.25. The number of rotatable bonds is 6. The van der Waals surface area contributed by atoms with E-state index in [4.69, 9.17) is 0 Å². The average molecular weight is 464 g/mol. The number of nitrogens with zero attached hydrogens (tertiary/aromatic N) is 2. The van der Waals surface area contributed by atoms with Crippen LogP contribution in [0, 0.1) is 5.92 Å². The summed E-state index contributed by atoms with van der Waals surface area (Å²) in [6, 6.07) is 14.6. The maximum Gasteiger partial charge on any atom is 0.271 e. The monoisotopic (exact) mass is 463 g/mol. The SMILES string of the molecule is C[C@@H]1CCCC[C@@H]1NC(=O)[C@]1(C)Cn2c(cc3sccc32)C(=O)N1CCCc1ccccc1. The maximum atomic E-state index is 13.8. The number of carbonyl (C=O) groups is 2. The van der Waals surface area contributed by atoms with Gasteiger partial charge in [0, 0.05) is 12.6 Å². The van der Waals surface area contributed by atoms with Gasteiger partial charge in [0.1, 0.15) is 11.2 Å². The molecule has 1 aliphatic heterocycles. The van der Waals surface area contributed by atoms with Gasteiger partial charge in [-0.25, -0.2) is 0 Å². The lowest BCUT2D eigenvalue weighted by molar-refractivity contribution is -0.134. The number of hydrogen-bond acceptors (Lipinski definition) is 3. The Balaban J connectivity index is 1.43. The fraction of sp³-hybridized carbons (Fsp3) is 0.481. The molecule has 5 nitrogen and oxygen atoms in total. The van der Waals surface area contributed by atoms with Gasteiger partial charge in [-0.05, 0) is 61.6 Å². The van der Waals surface area contributed by atoms with E-state index in [2.05, 4.69) is 40.4 Å². The number of benzene rings is 1. The third-order valence-electron chi connectivity index (χ3n) is 7.66. The van der Waals surface area contributed by atoms with E-state index in [1.165, 1.54) is 12.0 Å². The van der Waals surface area contributed by atoms with E-state index in [0.29, 0.717) is 24.7 Å². The summed E-state index contributed by atoms with van der Waals surface area (Å²) < 4.78 is 3.17. The van der Waals surface area contributed by atoms with Gasteiger partial charge in [0.2, 0.25) is 5.91 Å². The van der Waals surface area contributed by atoms with Crippen molar-refractivity contribution in [2.75, 3.05) is 6.54 Å². The molecule has 0 spiro atoms. The van der Waals surface area contributed by atoms with Crippen molar-refractivity contribution >= 4 is 33.4 Å². The van der Waals surface area contributed by atoms with Crippen LogP contribution in [-0.2, 0) is 17.8 Å². The number of aryl methyl sites for hydroxylation is 1. The zero-order chi connectivity index (χ0) is 23.0. The van der Waals surface area contributed by atoms with Crippen LogP contribution in [0.1, 0.15) is 62.0 Å². The van der Waals surface area contributed by atoms with Gasteiger partial charge in [0.25, 0.3) is 5.91 Å². The van der Waals surface area contributed by atoms with Crippen molar-refractivity contribution in [1.29, 1.82) is 0 Å². The fourth-order valence-electron chi connectivity index (χ4n) is 5.56. The van der Waals surface area contributed by atoms with E-state index in [1.807, 2.05) is 36.1 Å². The van der Waals surface area contributed by atoms with E-state index in [-0.39, 0.29) is 17.9 Å². The zero-order valence-electron chi connectivity index (χ0n) is 19.5. The summed E-state index contributed by atoms with van der Waals surface area (Å²) >= 11 is 1.64. The first-order chi connectivity index (χ1) is 16.0. The lowest BCUT2D eigenvalue weighted by Gasteiger charge is -2.45. The minimum atomic E-state index is -0.911. The number of fused-ring (bicyclic) bond motifs is 3. The van der Waals surface area contributed by atoms with Crippen LogP contribution in [0.4, 0.5) is 0 Å². The van der Waals surface area contributed by atoms with Crippen LogP contribution in [0.15, 0.2) is 47.8 Å². The first-order valence-electron chi connectivity index (χ1n) is 12.2. The second kappa shape index (κ2) is 8.98. The van der Waals surface area contributed by atoms with Gasteiger partial charge >= 0.3 is 0 Å². The molecule has 0 saturated heterocycles. The number of hydrogen-bond donors (Lipinski definition) is 1. The lowest BCUT2D eigenvalue weighted by Crippen LogP contribution is -2.65. The van der Waals surface area contributed by atoms with Gasteiger partial charge in [-0.3, -0.25) is 9.59 Å². The Hall–Kier alpha value is -2.60. The molecule has 0 radical (unpaired) electrons. The molecule has 6 heteroatoms. The van der Waals surface area contributed by atoms with Gasteiger partial charge in [-0.2, -0.15) is 0 Å². The summed E-state index contributed by atoms with van der Waals surface area (Å²) in [7, 11) is 0. The highest BCUT2D eigenvalue weighted by Crippen LogP contribution is 2.35. The Morgan fingerprint density at radius 3 is 2.76 bits per heavy atom. The van der Waals surface area contributed by atoms with Gasteiger partial charge in [-0.15, -0.1) is 11.3 Å². The average Bonchev–Trinajstić information content (AvgIpc) is 3.41. The van der Waals surface area contributed by atoms with Crippen LogP contribution in [0.25, 0.3) is 10.2 Å². The van der Waals surface area contributed by atoms with E-state index in [0.717, 1.165) is 42.3 Å². The van der Waals surface area contributed by atoms with Crippen molar-refractivity contribution in [1.82, 2.24) is 14.8 Å². The van der Waals surface area contributed by atoms with Crippen molar-refractivity contribution in [3.63, 3.8) is 0 Å². The maximum absolute atomic E-state index is 13.8. The van der Waals surface area contributed by atoms with Crippen LogP contribution in [0.3, 0.4) is 0 Å². The molecule has 1 N–H and O–H groups in total. The Bertz CT molecular complexity index is 1150. The number of carbonyl (C=O) groups excluding carboxylic acids is 2. The first-order valence-corrected chi connectivity index (χ1v) is 13.1. The molecule has 174 valence electrons. The van der Waals surface area contributed by atoms with Gasteiger partial charge in [0.05, 0.1) is 16.8 Å². The standard InChI is InChI=1S/C27H33N3O2S/c1-19-9-6-7-13-21(19)28-26(32)27(2)18-29-22-14-16-33-24(22)17-23(29)25(31)30(27)15-8-12-20-10-4-3-5-11-20/h3-5,10-11,14,16-17,19,21H,6-9,12-13,15,18H2,1-2H3,(H,28,32)/t19-,21+,27+/m1/s1. The molecule has 3 aromatic rings. The third kappa shape index (κ3) is 4.10. The van der Waals surface area contributed by atoms with Crippen molar-refractivity contribution in [3.05, 3.63) is 59.1 Å². The third-order valence-corrected chi connectivity index (χ3v) is 8.51. The van der Waals surface area contributed by atoms with Crippen molar-refractivity contribution < 1.29 is 9.59 Å². The topological polar surface area (TPSA) is 54.3 Å². The van der Waals surface area contributed by atoms with E-state index < -0.39 is 5.54 Å². The molecule has 0 bridgehead atoms. The predicted molar refractivity (Wildman–Crippen MR) is 134 cm³/mol. The molecule has 3 heterocycles. The number of aromatic nitrogens is 1. The molecule has 5 rings (SSSR count). The molecule has 2 aliphatic rings. The second-order valence-corrected chi connectivity index (χ2v) is 10.9. The largest absolute Gasteiger partial charge is 0.351 e. The van der Waals surface area contributed by atoms with Crippen molar-refractivity contribution in [2.45, 2.75) is 70.5 Å². The lowest BCUT2D eigenvalue weighted by atomic mass is 9.85. The summed E-state index contributed by atoms with van der Waals surface area (Å²) in [4.78, 5) is 29.4. The summed E-state index contributed by atoms with van der Waals surface area (Å²) in [5.74, 6) is 0.423. The predicted octanol–water partition coefficient (Wildman–Crippen LogP) is 5.25. The van der Waals surface area contributed by atoms with Crippen LogP contribution >= 0.6 is 11.3 Å². The molecule has 1 fully saturated rings. The van der Waals surface area contributed by atoms with E-state index in [1.54, 1.807) is 11.3 Å². The van der Waals surface area contributed by atoms with Crippen LogP contribution in [-0.4, -0.2) is 39.4 Å². The highest BCUT2D eigenvalue weighted by Gasteiger charge is 2.48. The molecular formula is C27H33N3O2S. The van der Waals surface area contributed by atoms with Crippen LogP contribution < -0.4 is 5.32 Å². The summed E-state index contributed by atoms with van der Waals surface area (Å²) in [6.07, 6.45) is 6.28. The van der Waals surface area contributed by atoms with Crippen LogP contribution in [0.2, 0.25) is 0 Å². The molecule has 2 aromatic heterocycles. The molecule has 2 amide bonds. The Morgan fingerprint density at radius 2 is 1.97 bits per heavy atom. The number of nitrogens with one attached hydrogen (secondary N) is 1. The minimum Gasteiger partial charge on any atom is -0.351 e. The Morgan fingerprint density at radius 1 is 1.18 bits per heavy atom. The zero-order valence-corrected chi connectivity index (χ0v) is 20.4. The van der Waals surface area contributed by atoms with Crippen molar-refractivity contribution in [2.24, 2.45) is 5.92 Å². The van der Waals surface area contributed by atoms with E-state index in [9.17, 15) is 9.59 Å². The number of thiophene rings is 1. The fourth-order valence-corrected chi connectivity index (χ4v) is 6.39. The molecule has 1 aromatic carbocycles. The molecule has 0 unspecified atom stereocenters. The minimum absolute atomic E-state index is 0.0166. The van der Waals surface area contributed by atoms with Crippen molar-refractivity contribution in [3.8, 4) is 0 Å². The first kappa shape index (κ1) is 22.2. The Labute approximate surface area is 199 Å². The molecule has 3 atom stereocenters. The normalized spacial score (nSPS) is 25.3. The summed E-state index contributed by atoms with van der Waals surface area (Å²) in [5, 5.41) is 5.41. The molecule has 1 saturated carbocycles. The van der Waals surface area contributed by atoms with Gasteiger partial charge < -0.3 is 14.8 Å². The molecule has 33 heavy (non-hydrogen) atoms. The number of amides is 2. The summed E-state index contributed by atoms with van der Waals surface area (Å²) in [5.41, 5.74) is 2.10. The van der Waals surface area contributed by atoms with Gasteiger partial charge in [-0.1, -0.05) is 50.1 Å². The molecular weight excluding hydrogens is 430 g/mol. The second-order valence-electron chi connectivity index (χ2n) is 9.95. The molecule has 1 aliphatic carbocycles. The highest BCUT2D eigenvalue weighted by atomic mass is 32.1. The quantitative estimate of drug-likeness (QED) is 0.543. The highest BCUT2D eigenvalue weighted by molar-refractivity contribution is 7.17.